The molecule has 196 valence electrons. The van der Waals surface area contributed by atoms with Crippen LogP contribution in [-0.4, -0.2) is 68.7 Å². The van der Waals surface area contributed by atoms with Gasteiger partial charge in [-0.3, -0.25) is 9.59 Å². The van der Waals surface area contributed by atoms with Gasteiger partial charge in [0.2, 0.25) is 0 Å². The minimum Gasteiger partial charge on any atom is -0.391 e. The molecule has 0 spiro atoms. The normalized spacial score (nSPS) is 22.6. The summed E-state index contributed by atoms with van der Waals surface area (Å²) in [5.41, 5.74) is -1.06. The van der Waals surface area contributed by atoms with Crippen LogP contribution in [0.4, 0.5) is 27.8 Å². The van der Waals surface area contributed by atoms with E-state index in [1.54, 1.807) is 4.90 Å². The number of nitrogens with zero attached hydrogens (tertiary/aromatic N) is 3. The van der Waals surface area contributed by atoms with Gasteiger partial charge in [0.15, 0.2) is 5.01 Å². The van der Waals surface area contributed by atoms with Gasteiger partial charge in [-0.25, -0.2) is 18.7 Å². The number of hydrogen-bond donors (Lipinski definition) is 3. The van der Waals surface area contributed by atoms with Crippen molar-refractivity contribution in [1.29, 1.82) is 0 Å². The molecule has 2 aliphatic rings. The smallest absolute Gasteiger partial charge is 0.391 e. The largest absolute Gasteiger partial charge is 0.408 e. The maximum atomic E-state index is 14.1. The number of aromatic nitrogens is 2. The fourth-order valence-corrected chi connectivity index (χ4v) is 4.90. The maximum Gasteiger partial charge on any atom is 0.408 e. The van der Waals surface area contributed by atoms with Crippen molar-refractivity contribution in [2.75, 3.05) is 11.9 Å². The molecule has 36 heavy (non-hydrogen) atoms. The SMILES string of the molecule is CC(Nc1cc(C(F)F)c(-c2sc(C(=O)N[C@@H]3C[C@H]3O)nc2C(=O)N2CCC[C@@H]2C)cn1)C(F)(F)F. The molecule has 0 radical (unpaired) electrons. The number of pyridine rings is 1. The molecule has 1 aliphatic heterocycles. The number of halogens is 5. The number of aliphatic hydroxyl groups is 1. The summed E-state index contributed by atoms with van der Waals surface area (Å²) in [7, 11) is 0. The fraction of sp³-hybridized carbons (Fsp3) is 0.545. The van der Waals surface area contributed by atoms with Crippen LogP contribution >= 0.6 is 11.3 Å². The Kier molecular flexibility index (Phi) is 7.19. The predicted octanol–water partition coefficient (Wildman–Crippen LogP) is 3.99. The molecule has 2 fully saturated rings. The molecule has 3 heterocycles. The van der Waals surface area contributed by atoms with Crippen molar-refractivity contribution in [3.05, 3.63) is 28.5 Å². The van der Waals surface area contributed by atoms with E-state index in [0.717, 1.165) is 32.0 Å². The Morgan fingerprint density at radius 3 is 2.56 bits per heavy atom. The zero-order valence-corrected chi connectivity index (χ0v) is 20.1. The number of anilines is 1. The van der Waals surface area contributed by atoms with Crippen LogP contribution in [0.3, 0.4) is 0 Å². The van der Waals surface area contributed by atoms with Crippen LogP contribution < -0.4 is 10.6 Å². The van der Waals surface area contributed by atoms with Gasteiger partial charge in [0.25, 0.3) is 18.2 Å². The first-order valence-electron chi connectivity index (χ1n) is 11.3. The molecule has 8 nitrogen and oxygen atoms in total. The number of amides is 2. The molecular formula is C22H24F5N5O3S. The van der Waals surface area contributed by atoms with Gasteiger partial charge in [-0.15, -0.1) is 11.3 Å². The molecule has 1 saturated carbocycles. The fourth-order valence-electron chi connectivity index (χ4n) is 3.91. The highest BCUT2D eigenvalue weighted by Gasteiger charge is 2.39. The third kappa shape index (κ3) is 5.43. The number of aliphatic hydroxyl groups excluding tert-OH is 1. The lowest BCUT2D eigenvalue weighted by Gasteiger charge is -2.21. The minimum atomic E-state index is -4.62. The zero-order valence-electron chi connectivity index (χ0n) is 19.3. The van der Waals surface area contributed by atoms with E-state index in [1.807, 2.05) is 6.92 Å². The third-order valence-electron chi connectivity index (χ3n) is 6.18. The topological polar surface area (TPSA) is 107 Å². The highest BCUT2D eigenvalue weighted by Crippen LogP contribution is 2.39. The van der Waals surface area contributed by atoms with Crippen molar-refractivity contribution < 1.29 is 36.6 Å². The van der Waals surface area contributed by atoms with E-state index in [2.05, 4.69) is 20.6 Å². The van der Waals surface area contributed by atoms with E-state index >= 15 is 0 Å². The van der Waals surface area contributed by atoms with Gasteiger partial charge >= 0.3 is 6.18 Å². The Hall–Kier alpha value is -2.87. The standard InChI is InChI=1S/C22H24F5N5O3S/c1-9-4-3-5-32(9)21(35)16-17(36-20(31-16)19(34)30-13-7-14(13)33)12-8-28-15(6-11(12)18(23)24)29-10(2)22(25,26)27/h6,8-10,13-14,18,33H,3-5,7H2,1-2H3,(H,28,29)(H,30,34)/t9-,10?,13+,14+/m0/s1. The molecule has 4 atom stereocenters. The Bertz CT molecular complexity index is 1160. The quantitative estimate of drug-likeness (QED) is 0.465. The van der Waals surface area contributed by atoms with Crippen molar-refractivity contribution in [3.63, 3.8) is 0 Å². The van der Waals surface area contributed by atoms with E-state index in [-0.39, 0.29) is 27.2 Å². The highest BCUT2D eigenvalue weighted by atomic mass is 32.1. The van der Waals surface area contributed by atoms with Crippen LogP contribution in [0, 0.1) is 0 Å². The first kappa shape index (κ1) is 26.2. The van der Waals surface area contributed by atoms with Crippen molar-refractivity contribution in [2.45, 2.75) is 69.9 Å². The van der Waals surface area contributed by atoms with E-state index in [9.17, 15) is 36.6 Å². The molecule has 2 aromatic rings. The van der Waals surface area contributed by atoms with E-state index in [4.69, 9.17) is 0 Å². The molecule has 1 saturated heterocycles. The second-order valence-electron chi connectivity index (χ2n) is 8.93. The van der Waals surface area contributed by atoms with Gasteiger partial charge in [0.05, 0.1) is 17.0 Å². The van der Waals surface area contributed by atoms with E-state index in [0.29, 0.717) is 24.3 Å². The summed E-state index contributed by atoms with van der Waals surface area (Å²) in [4.78, 5) is 35.5. The summed E-state index contributed by atoms with van der Waals surface area (Å²) in [5.74, 6) is -1.62. The molecule has 4 rings (SSSR count). The average molecular weight is 534 g/mol. The lowest BCUT2D eigenvalue weighted by atomic mass is 10.1. The summed E-state index contributed by atoms with van der Waals surface area (Å²) in [6.07, 6.45) is -5.59. The molecule has 3 N–H and O–H groups in total. The number of alkyl halides is 5. The Balaban J connectivity index is 1.75. The highest BCUT2D eigenvalue weighted by molar-refractivity contribution is 7.17. The number of hydrogen-bond acceptors (Lipinski definition) is 7. The number of likely N-dealkylation sites (tertiary alicyclic amines) is 1. The van der Waals surface area contributed by atoms with Gasteiger partial charge in [0.1, 0.15) is 17.6 Å². The van der Waals surface area contributed by atoms with Crippen LogP contribution in [0.2, 0.25) is 0 Å². The van der Waals surface area contributed by atoms with Crippen molar-refractivity contribution in [1.82, 2.24) is 20.2 Å². The Morgan fingerprint density at radius 2 is 2.00 bits per heavy atom. The summed E-state index contributed by atoms with van der Waals surface area (Å²) in [6, 6.07) is -1.81. The average Bonchev–Trinajstić information content (AvgIpc) is 3.16. The molecule has 14 heteroatoms. The molecule has 1 unspecified atom stereocenters. The predicted molar refractivity (Wildman–Crippen MR) is 121 cm³/mol. The van der Waals surface area contributed by atoms with E-state index in [1.165, 1.54) is 0 Å². The Morgan fingerprint density at radius 1 is 1.31 bits per heavy atom. The van der Waals surface area contributed by atoms with E-state index < -0.39 is 54.0 Å². The summed E-state index contributed by atoms with van der Waals surface area (Å²) in [6.45, 7) is 3.11. The maximum absolute atomic E-state index is 14.1. The molecule has 0 bridgehead atoms. The van der Waals surface area contributed by atoms with Crippen LogP contribution in [0.15, 0.2) is 12.3 Å². The summed E-state index contributed by atoms with van der Waals surface area (Å²) in [5, 5.41) is 14.0. The van der Waals surface area contributed by atoms with Crippen LogP contribution in [0.25, 0.3) is 10.4 Å². The van der Waals surface area contributed by atoms with Gasteiger partial charge in [-0.05, 0) is 39.2 Å². The van der Waals surface area contributed by atoms with Gasteiger partial charge < -0.3 is 20.6 Å². The van der Waals surface area contributed by atoms with Gasteiger partial charge in [-0.1, -0.05) is 0 Å². The van der Waals surface area contributed by atoms with Crippen LogP contribution in [-0.2, 0) is 0 Å². The monoisotopic (exact) mass is 533 g/mol. The van der Waals surface area contributed by atoms with Crippen LogP contribution in [0.5, 0.6) is 0 Å². The second-order valence-corrected chi connectivity index (χ2v) is 9.93. The lowest BCUT2D eigenvalue weighted by Crippen LogP contribution is -2.34. The first-order chi connectivity index (χ1) is 16.9. The third-order valence-corrected chi connectivity index (χ3v) is 7.27. The molecule has 2 aromatic heterocycles. The van der Waals surface area contributed by atoms with Crippen molar-refractivity contribution >= 4 is 29.0 Å². The van der Waals surface area contributed by atoms with Gasteiger partial charge in [0, 0.05) is 29.9 Å². The summed E-state index contributed by atoms with van der Waals surface area (Å²) >= 11 is 0.710. The molecule has 0 aromatic carbocycles. The zero-order chi connectivity index (χ0) is 26.4. The van der Waals surface area contributed by atoms with Crippen molar-refractivity contribution in [3.8, 4) is 10.4 Å². The number of nitrogens with one attached hydrogen (secondary N) is 2. The first-order valence-corrected chi connectivity index (χ1v) is 12.1. The van der Waals surface area contributed by atoms with Gasteiger partial charge in [-0.2, -0.15) is 13.2 Å². The minimum absolute atomic E-state index is 0.0289. The molecular weight excluding hydrogens is 509 g/mol. The molecule has 1 aliphatic carbocycles. The van der Waals surface area contributed by atoms with Crippen LogP contribution in [0.1, 0.15) is 65.4 Å². The number of carbonyl (C=O) groups is 2. The number of rotatable bonds is 7. The summed E-state index contributed by atoms with van der Waals surface area (Å²) < 4.78 is 66.9. The lowest BCUT2D eigenvalue weighted by molar-refractivity contribution is -0.138. The number of carbonyl (C=O) groups excluding carboxylic acids is 2. The Labute approximate surface area is 206 Å². The number of thiazole rings is 1. The van der Waals surface area contributed by atoms with Crippen molar-refractivity contribution in [2.24, 2.45) is 0 Å². The molecule has 2 amide bonds. The second kappa shape index (κ2) is 9.88.